The molecule has 4 heteroatoms. The molecule has 1 aromatic rings. The van der Waals surface area contributed by atoms with Crippen LogP contribution in [0, 0.1) is 11.7 Å². The number of ketones is 1. The van der Waals surface area contributed by atoms with Gasteiger partial charge in [0.25, 0.3) is 0 Å². The Morgan fingerprint density at radius 3 is 2.88 bits per heavy atom. The lowest BCUT2D eigenvalue weighted by Crippen LogP contribution is -2.36. The molecule has 1 heterocycles. The Morgan fingerprint density at radius 1 is 1.24 bits per heavy atom. The van der Waals surface area contributed by atoms with Crippen LogP contribution in [0.5, 0.6) is 0 Å². The van der Waals surface area contributed by atoms with E-state index in [9.17, 15) is 9.18 Å². The number of halogens is 1. The summed E-state index contributed by atoms with van der Waals surface area (Å²) >= 11 is 0. The topological polar surface area (TPSA) is 41.1 Å². The summed E-state index contributed by atoms with van der Waals surface area (Å²) in [6, 6.07) is 6.59. The molecule has 17 heavy (non-hydrogen) atoms. The lowest BCUT2D eigenvalue weighted by atomic mass is 9.78. The number of fused-ring (bicyclic) bond motifs is 1. The van der Waals surface area contributed by atoms with Crippen molar-refractivity contribution in [3.8, 4) is 0 Å². The second kappa shape index (κ2) is 4.20. The Hall–Kier alpha value is -1.26. The van der Waals surface area contributed by atoms with Gasteiger partial charge < -0.3 is 0 Å². The van der Waals surface area contributed by atoms with Gasteiger partial charge in [0.2, 0.25) is 0 Å². The normalized spacial score (nSPS) is 32.5. The molecular weight excluding hydrogens is 219 g/mol. The van der Waals surface area contributed by atoms with Gasteiger partial charge in [0.05, 0.1) is 12.0 Å². The molecule has 1 aliphatic carbocycles. The zero-order chi connectivity index (χ0) is 11.8. The van der Waals surface area contributed by atoms with Crippen LogP contribution in [0.25, 0.3) is 0 Å². The quantitative estimate of drug-likeness (QED) is 0.777. The minimum Gasteiger partial charge on any atom is -0.299 e. The van der Waals surface area contributed by atoms with Crippen LogP contribution in [0.4, 0.5) is 4.39 Å². The number of rotatable bonds is 1. The van der Waals surface area contributed by atoms with Crippen LogP contribution in [0.2, 0.25) is 0 Å². The predicted octanol–water partition coefficient (Wildman–Crippen LogP) is 1.71. The average Bonchev–Trinajstić information content (AvgIpc) is 2.75. The molecule has 0 amide bonds. The van der Waals surface area contributed by atoms with Crippen molar-refractivity contribution in [3.63, 3.8) is 0 Å². The summed E-state index contributed by atoms with van der Waals surface area (Å²) in [5.41, 5.74) is 6.79. The highest BCUT2D eigenvalue weighted by atomic mass is 19.1. The first-order chi connectivity index (χ1) is 8.27. The van der Waals surface area contributed by atoms with E-state index in [0.717, 1.165) is 12.8 Å². The number of benzene rings is 1. The lowest BCUT2D eigenvalue weighted by molar-refractivity contribution is -0.125. The highest BCUT2D eigenvalue weighted by Crippen LogP contribution is 2.36. The maximum atomic E-state index is 13.7. The summed E-state index contributed by atoms with van der Waals surface area (Å²) < 4.78 is 13.7. The summed E-state index contributed by atoms with van der Waals surface area (Å²) in [6.07, 6.45) is 2.53. The number of hydrazine groups is 1. The van der Waals surface area contributed by atoms with Gasteiger partial charge in [-0.3, -0.25) is 10.2 Å². The van der Waals surface area contributed by atoms with E-state index in [-0.39, 0.29) is 29.6 Å². The molecule has 1 aromatic carbocycles. The summed E-state index contributed by atoms with van der Waals surface area (Å²) in [5, 5.41) is 0. The number of nitrogens with one attached hydrogen (secondary N) is 2. The molecule has 1 saturated carbocycles. The number of hydrogen-bond donors (Lipinski definition) is 2. The van der Waals surface area contributed by atoms with Gasteiger partial charge in [0.15, 0.2) is 0 Å². The van der Waals surface area contributed by atoms with Gasteiger partial charge >= 0.3 is 0 Å². The molecule has 3 rings (SSSR count). The third-order valence-corrected chi connectivity index (χ3v) is 3.77. The van der Waals surface area contributed by atoms with Gasteiger partial charge in [0, 0.05) is 18.0 Å². The number of hydrogen-bond acceptors (Lipinski definition) is 3. The average molecular weight is 234 g/mol. The molecule has 1 aliphatic heterocycles. The monoisotopic (exact) mass is 234 g/mol. The fraction of sp³-hybridized carbons (Fsp3) is 0.462. The fourth-order valence-corrected chi connectivity index (χ4v) is 2.93. The largest absolute Gasteiger partial charge is 0.299 e. The molecule has 3 unspecified atom stereocenters. The van der Waals surface area contributed by atoms with Crippen molar-refractivity contribution >= 4 is 5.78 Å². The maximum Gasteiger partial charge on any atom is 0.139 e. The SMILES string of the molecule is O=C1CCCC2NNC(c3ccccc3F)C12. The molecular formula is C13H15FN2O. The van der Waals surface area contributed by atoms with Gasteiger partial charge in [-0.05, 0) is 18.9 Å². The van der Waals surface area contributed by atoms with Crippen LogP contribution < -0.4 is 10.9 Å². The first-order valence-electron chi connectivity index (χ1n) is 6.05. The molecule has 0 spiro atoms. The molecule has 0 bridgehead atoms. The zero-order valence-corrected chi connectivity index (χ0v) is 9.45. The highest BCUT2D eigenvalue weighted by Gasteiger charge is 2.43. The second-order valence-corrected chi connectivity index (χ2v) is 4.78. The Kier molecular flexibility index (Phi) is 2.68. The number of carbonyl (C=O) groups excluding carboxylic acids is 1. The summed E-state index contributed by atoms with van der Waals surface area (Å²) in [4.78, 5) is 12.0. The molecule has 2 fully saturated rings. The van der Waals surface area contributed by atoms with Crippen LogP contribution in [0.3, 0.4) is 0 Å². The van der Waals surface area contributed by atoms with Crippen LogP contribution >= 0.6 is 0 Å². The first-order valence-corrected chi connectivity index (χ1v) is 6.05. The van der Waals surface area contributed by atoms with Crippen LogP contribution in [0.15, 0.2) is 24.3 Å². The summed E-state index contributed by atoms with van der Waals surface area (Å²) in [6.45, 7) is 0. The van der Waals surface area contributed by atoms with E-state index >= 15 is 0 Å². The Morgan fingerprint density at radius 2 is 2.06 bits per heavy atom. The third kappa shape index (κ3) is 1.77. The zero-order valence-electron chi connectivity index (χ0n) is 9.45. The van der Waals surface area contributed by atoms with E-state index in [0.29, 0.717) is 12.0 Å². The molecule has 2 aliphatic rings. The first kappa shape index (κ1) is 10.9. The lowest BCUT2D eigenvalue weighted by Gasteiger charge is -2.26. The van der Waals surface area contributed by atoms with E-state index < -0.39 is 0 Å². The number of carbonyl (C=O) groups is 1. The predicted molar refractivity (Wildman–Crippen MR) is 61.5 cm³/mol. The Labute approximate surface area is 99.4 Å². The minimum absolute atomic E-state index is 0.124. The van der Waals surface area contributed by atoms with Crippen LogP contribution in [0.1, 0.15) is 30.9 Å². The van der Waals surface area contributed by atoms with Crippen molar-refractivity contribution in [3.05, 3.63) is 35.6 Å². The van der Waals surface area contributed by atoms with Crippen molar-refractivity contribution in [2.75, 3.05) is 0 Å². The van der Waals surface area contributed by atoms with Crippen LogP contribution in [-0.2, 0) is 4.79 Å². The summed E-state index contributed by atoms with van der Waals surface area (Å²) in [7, 11) is 0. The van der Waals surface area contributed by atoms with Crippen LogP contribution in [-0.4, -0.2) is 11.8 Å². The van der Waals surface area contributed by atoms with E-state index in [1.165, 1.54) is 6.07 Å². The molecule has 1 saturated heterocycles. The highest BCUT2D eigenvalue weighted by molar-refractivity contribution is 5.83. The van der Waals surface area contributed by atoms with E-state index in [4.69, 9.17) is 0 Å². The summed E-state index contributed by atoms with van der Waals surface area (Å²) in [5.74, 6) is -0.126. The van der Waals surface area contributed by atoms with Crippen molar-refractivity contribution in [1.82, 2.24) is 10.9 Å². The van der Waals surface area contributed by atoms with Gasteiger partial charge in [0.1, 0.15) is 11.6 Å². The molecule has 3 nitrogen and oxygen atoms in total. The van der Waals surface area contributed by atoms with Gasteiger partial charge in [-0.1, -0.05) is 18.2 Å². The van der Waals surface area contributed by atoms with Gasteiger partial charge in [-0.15, -0.1) is 0 Å². The fourth-order valence-electron chi connectivity index (χ4n) is 2.93. The molecule has 3 atom stereocenters. The second-order valence-electron chi connectivity index (χ2n) is 4.78. The van der Waals surface area contributed by atoms with E-state index in [1.54, 1.807) is 18.2 Å². The van der Waals surface area contributed by atoms with E-state index in [2.05, 4.69) is 10.9 Å². The van der Waals surface area contributed by atoms with Crippen molar-refractivity contribution < 1.29 is 9.18 Å². The van der Waals surface area contributed by atoms with Gasteiger partial charge in [-0.25, -0.2) is 9.82 Å². The Balaban J connectivity index is 1.94. The van der Waals surface area contributed by atoms with Crippen molar-refractivity contribution in [1.29, 1.82) is 0 Å². The maximum absolute atomic E-state index is 13.7. The Bertz CT molecular complexity index is 449. The molecule has 0 aromatic heterocycles. The van der Waals surface area contributed by atoms with Crippen molar-refractivity contribution in [2.24, 2.45) is 5.92 Å². The smallest absolute Gasteiger partial charge is 0.139 e. The van der Waals surface area contributed by atoms with Gasteiger partial charge in [-0.2, -0.15) is 0 Å². The molecule has 0 radical (unpaired) electrons. The standard InChI is InChI=1S/C13H15FN2O/c14-9-5-2-1-4-8(9)13-12-10(15-16-13)6-3-7-11(12)17/h1-2,4-5,10,12-13,15-16H,3,6-7H2. The number of Topliss-reactive ketones (excluding diaryl/α,β-unsaturated/α-hetero) is 1. The molecule has 2 N–H and O–H groups in total. The molecule has 90 valence electrons. The minimum atomic E-state index is -0.245. The van der Waals surface area contributed by atoms with E-state index in [1.807, 2.05) is 0 Å². The third-order valence-electron chi connectivity index (χ3n) is 3.77. The van der Waals surface area contributed by atoms with Crippen molar-refractivity contribution in [2.45, 2.75) is 31.3 Å².